The second kappa shape index (κ2) is 9.38. The molecule has 5 nitrogen and oxygen atoms in total. The number of benzene rings is 1. The normalized spacial score (nSPS) is 10.9. The standard InChI is InChI=1S/C15H21N5.HI/c1-3-17-15(16-2)18-11-13-7-4-5-8-14(13)12-20-10-6-9-19-20;/h4-10H,3,11-12H2,1-2H3,(H2,16,17,18);1H. The molecule has 0 saturated heterocycles. The summed E-state index contributed by atoms with van der Waals surface area (Å²) in [4.78, 5) is 4.18. The average molecular weight is 399 g/mol. The topological polar surface area (TPSA) is 54.2 Å². The van der Waals surface area contributed by atoms with Crippen LogP contribution in [0.3, 0.4) is 0 Å². The minimum atomic E-state index is 0. The number of rotatable bonds is 5. The number of aliphatic imine (C=N–C) groups is 1. The van der Waals surface area contributed by atoms with E-state index >= 15 is 0 Å². The lowest BCUT2D eigenvalue weighted by atomic mass is 10.1. The van der Waals surface area contributed by atoms with E-state index < -0.39 is 0 Å². The summed E-state index contributed by atoms with van der Waals surface area (Å²) in [6, 6.07) is 10.3. The van der Waals surface area contributed by atoms with E-state index in [9.17, 15) is 0 Å². The number of hydrogen-bond donors (Lipinski definition) is 2. The summed E-state index contributed by atoms with van der Waals surface area (Å²) in [5.74, 6) is 0.821. The Labute approximate surface area is 142 Å². The summed E-state index contributed by atoms with van der Waals surface area (Å²) in [5, 5.41) is 10.8. The molecular weight excluding hydrogens is 377 g/mol. The molecule has 114 valence electrons. The van der Waals surface area contributed by atoms with Crippen molar-refractivity contribution >= 4 is 29.9 Å². The Bertz CT molecular complexity index is 551. The Morgan fingerprint density at radius 2 is 1.95 bits per heavy atom. The molecule has 0 saturated carbocycles. The van der Waals surface area contributed by atoms with Gasteiger partial charge in [-0.1, -0.05) is 24.3 Å². The van der Waals surface area contributed by atoms with Gasteiger partial charge >= 0.3 is 0 Å². The molecule has 6 heteroatoms. The van der Waals surface area contributed by atoms with Crippen molar-refractivity contribution in [2.24, 2.45) is 4.99 Å². The number of aromatic nitrogens is 2. The fraction of sp³-hybridized carbons (Fsp3) is 0.333. The molecular formula is C15H22IN5. The summed E-state index contributed by atoms with van der Waals surface area (Å²) < 4.78 is 1.93. The summed E-state index contributed by atoms with van der Waals surface area (Å²) in [6.07, 6.45) is 3.77. The molecule has 0 amide bonds. The van der Waals surface area contributed by atoms with Gasteiger partial charge in [-0.2, -0.15) is 5.10 Å². The molecule has 0 fully saturated rings. The first-order valence-corrected chi connectivity index (χ1v) is 6.82. The van der Waals surface area contributed by atoms with Crippen molar-refractivity contribution in [2.45, 2.75) is 20.0 Å². The van der Waals surface area contributed by atoms with Crippen LogP contribution in [-0.2, 0) is 13.1 Å². The molecule has 2 aromatic rings. The van der Waals surface area contributed by atoms with Crippen LogP contribution in [-0.4, -0.2) is 29.3 Å². The van der Waals surface area contributed by atoms with Crippen LogP contribution in [0.2, 0.25) is 0 Å². The lowest BCUT2D eigenvalue weighted by Gasteiger charge is -2.13. The zero-order valence-corrected chi connectivity index (χ0v) is 14.7. The van der Waals surface area contributed by atoms with Gasteiger partial charge in [0.25, 0.3) is 0 Å². The molecule has 0 bridgehead atoms. The maximum absolute atomic E-state index is 4.25. The third-order valence-electron chi connectivity index (χ3n) is 3.02. The van der Waals surface area contributed by atoms with E-state index in [1.54, 1.807) is 13.2 Å². The Morgan fingerprint density at radius 1 is 1.19 bits per heavy atom. The Kier molecular flexibility index (Phi) is 7.81. The summed E-state index contributed by atoms with van der Waals surface area (Å²) in [5.41, 5.74) is 2.51. The third kappa shape index (κ3) is 5.37. The molecule has 0 aliphatic rings. The van der Waals surface area contributed by atoms with E-state index in [2.05, 4.69) is 51.9 Å². The predicted octanol–water partition coefficient (Wildman–Crippen LogP) is 2.23. The fourth-order valence-electron chi connectivity index (χ4n) is 2.02. The van der Waals surface area contributed by atoms with Gasteiger partial charge in [0.15, 0.2) is 5.96 Å². The summed E-state index contributed by atoms with van der Waals surface area (Å²) in [7, 11) is 1.78. The van der Waals surface area contributed by atoms with E-state index in [0.717, 1.165) is 25.6 Å². The first-order chi connectivity index (χ1) is 9.83. The van der Waals surface area contributed by atoms with Crippen molar-refractivity contribution in [3.8, 4) is 0 Å². The van der Waals surface area contributed by atoms with Crippen molar-refractivity contribution in [1.82, 2.24) is 20.4 Å². The molecule has 21 heavy (non-hydrogen) atoms. The van der Waals surface area contributed by atoms with E-state index in [0.29, 0.717) is 0 Å². The maximum atomic E-state index is 4.25. The number of nitrogens with one attached hydrogen (secondary N) is 2. The van der Waals surface area contributed by atoms with Crippen LogP contribution < -0.4 is 10.6 Å². The Morgan fingerprint density at radius 3 is 2.57 bits per heavy atom. The maximum Gasteiger partial charge on any atom is 0.191 e. The largest absolute Gasteiger partial charge is 0.357 e. The molecule has 0 radical (unpaired) electrons. The van der Waals surface area contributed by atoms with Crippen LogP contribution in [0.25, 0.3) is 0 Å². The molecule has 0 atom stereocenters. The van der Waals surface area contributed by atoms with Crippen molar-refractivity contribution < 1.29 is 0 Å². The van der Waals surface area contributed by atoms with Gasteiger partial charge in [-0.3, -0.25) is 9.67 Å². The molecule has 1 aromatic heterocycles. The first kappa shape index (κ1) is 17.5. The second-order valence-corrected chi connectivity index (χ2v) is 4.43. The van der Waals surface area contributed by atoms with Gasteiger partial charge in [0.2, 0.25) is 0 Å². The van der Waals surface area contributed by atoms with Crippen LogP contribution >= 0.6 is 24.0 Å². The van der Waals surface area contributed by atoms with Gasteiger partial charge in [0.05, 0.1) is 6.54 Å². The van der Waals surface area contributed by atoms with Crippen LogP contribution in [0.1, 0.15) is 18.1 Å². The molecule has 1 heterocycles. The van der Waals surface area contributed by atoms with Crippen molar-refractivity contribution in [3.63, 3.8) is 0 Å². The molecule has 0 spiro atoms. The lowest BCUT2D eigenvalue weighted by Crippen LogP contribution is -2.36. The summed E-state index contributed by atoms with van der Waals surface area (Å²) >= 11 is 0. The van der Waals surface area contributed by atoms with Crippen LogP contribution in [0.5, 0.6) is 0 Å². The highest BCUT2D eigenvalue weighted by molar-refractivity contribution is 14.0. The van der Waals surface area contributed by atoms with Gasteiger partial charge in [0.1, 0.15) is 0 Å². The SMILES string of the molecule is CCNC(=NC)NCc1ccccc1Cn1cccn1.I. The highest BCUT2D eigenvalue weighted by Gasteiger charge is 2.04. The highest BCUT2D eigenvalue weighted by Crippen LogP contribution is 2.10. The van der Waals surface area contributed by atoms with Crippen LogP contribution in [0.4, 0.5) is 0 Å². The van der Waals surface area contributed by atoms with E-state index in [1.165, 1.54) is 11.1 Å². The van der Waals surface area contributed by atoms with E-state index in [1.807, 2.05) is 16.9 Å². The molecule has 0 aliphatic carbocycles. The average Bonchev–Trinajstić information content (AvgIpc) is 2.98. The van der Waals surface area contributed by atoms with Gasteiger partial charge in [0, 0.05) is 32.5 Å². The lowest BCUT2D eigenvalue weighted by molar-refractivity contribution is 0.678. The number of halogens is 1. The van der Waals surface area contributed by atoms with E-state index in [4.69, 9.17) is 0 Å². The predicted molar refractivity (Wildman–Crippen MR) is 97.1 cm³/mol. The zero-order chi connectivity index (χ0) is 14.2. The second-order valence-electron chi connectivity index (χ2n) is 4.43. The molecule has 0 unspecified atom stereocenters. The molecule has 2 N–H and O–H groups in total. The van der Waals surface area contributed by atoms with Gasteiger partial charge in [-0.25, -0.2) is 0 Å². The number of hydrogen-bond acceptors (Lipinski definition) is 2. The minimum Gasteiger partial charge on any atom is -0.357 e. The van der Waals surface area contributed by atoms with Crippen molar-refractivity contribution in [1.29, 1.82) is 0 Å². The van der Waals surface area contributed by atoms with Crippen LogP contribution in [0, 0.1) is 0 Å². The van der Waals surface area contributed by atoms with Gasteiger partial charge in [-0.15, -0.1) is 24.0 Å². The Hall–Kier alpha value is -1.57. The quantitative estimate of drug-likeness (QED) is 0.461. The van der Waals surface area contributed by atoms with Crippen molar-refractivity contribution in [3.05, 3.63) is 53.9 Å². The smallest absolute Gasteiger partial charge is 0.191 e. The van der Waals surface area contributed by atoms with Crippen LogP contribution in [0.15, 0.2) is 47.7 Å². The molecule has 1 aromatic carbocycles. The van der Waals surface area contributed by atoms with Gasteiger partial charge < -0.3 is 10.6 Å². The molecule has 2 rings (SSSR count). The first-order valence-electron chi connectivity index (χ1n) is 6.82. The minimum absolute atomic E-state index is 0. The zero-order valence-electron chi connectivity index (χ0n) is 12.4. The highest BCUT2D eigenvalue weighted by atomic mass is 127. The Balaban J connectivity index is 0.00000220. The van der Waals surface area contributed by atoms with Crippen molar-refractivity contribution in [2.75, 3.05) is 13.6 Å². The number of guanidine groups is 1. The summed E-state index contributed by atoms with van der Waals surface area (Å²) in [6.45, 7) is 4.44. The monoisotopic (exact) mass is 399 g/mol. The molecule has 0 aliphatic heterocycles. The fourth-order valence-corrected chi connectivity index (χ4v) is 2.02. The van der Waals surface area contributed by atoms with E-state index in [-0.39, 0.29) is 24.0 Å². The third-order valence-corrected chi connectivity index (χ3v) is 3.02. The van der Waals surface area contributed by atoms with Gasteiger partial charge in [-0.05, 0) is 24.1 Å². The number of nitrogens with zero attached hydrogens (tertiary/aromatic N) is 3.